The molecule has 0 bridgehead atoms. The average Bonchev–Trinajstić information content (AvgIpc) is 2.82. The third kappa shape index (κ3) is 2.07. The highest BCUT2D eigenvalue weighted by molar-refractivity contribution is 5.40. The van der Waals surface area contributed by atoms with Gasteiger partial charge >= 0.3 is 0 Å². The van der Waals surface area contributed by atoms with E-state index in [0.29, 0.717) is 18.1 Å². The molecule has 0 spiro atoms. The molecule has 2 heteroatoms. The van der Waals surface area contributed by atoms with E-state index in [9.17, 15) is 0 Å². The SMILES string of the molecule is CC(CC1OC1C)c1ccc(N)cc1. The molecule has 1 fully saturated rings. The third-order valence-corrected chi connectivity index (χ3v) is 2.93. The molecule has 2 rings (SSSR count). The highest BCUT2D eigenvalue weighted by atomic mass is 16.6. The monoisotopic (exact) mass is 191 g/mol. The number of nitrogen functional groups attached to an aromatic ring is 1. The van der Waals surface area contributed by atoms with Gasteiger partial charge in [-0.25, -0.2) is 0 Å². The molecular weight excluding hydrogens is 174 g/mol. The Morgan fingerprint density at radius 3 is 2.43 bits per heavy atom. The molecule has 0 aliphatic carbocycles. The summed E-state index contributed by atoms with van der Waals surface area (Å²) in [7, 11) is 0. The summed E-state index contributed by atoms with van der Waals surface area (Å²) >= 11 is 0. The van der Waals surface area contributed by atoms with E-state index in [0.717, 1.165) is 12.1 Å². The van der Waals surface area contributed by atoms with E-state index in [1.165, 1.54) is 5.56 Å². The summed E-state index contributed by atoms with van der Waals surface area (Å²) in [5, 5.41) is 0. The maximum absolute atomic E-state index is 5.64. The van der Waals surface area contributed by atoms with Crippen LogP contribution in [0.3, 0.4) is 0 Å². The molecule has 0 aromatic heterocycles. The van der Waals surface area contributed by atoms with Crippen LogP contribution in [-0.2, 0) is 4.74 Å². The zero-order chi connectivity index (χ0) is 10.1. The minimum absolute atomic E-state index is 0.464. The van der Waals surface area contributed by atoms with Gasteiger partial charge in [-0.1, -0.05) is 19.1 Å². The van der Waals surface area contributed by atoms with Crippen LogP contribution in [0, 0.1) is 0 Å². The maximum atomic E-state index is 5.64. The fourth-order valence-electron chi connectivity index (χ4n) is 1.79. The predicted molar refractivity (Wildman–Crippen MR) is 58.2 cm³/mol. The van der Waals surface area contributed by atoms with Crippen LogP contribution in [0.25, 0.3) is 0 Å². The smallest absolute Gasteiger partial charge is 0.0844 e. The van der Waals surface area contributed by atoms with Crippen molar-refractivity contribution in [1.82, 2.24) is 0 Å². The molecule has 1 saturated heterocycles. The van der Waals surface area contributed by atoms with Crippen molar-refractivity contribution < 1.29 is 4.74 Å². The molecule has 0 radical (unpaired) electrons. The largest absolute Gasteiger partial charge is 0.399 e. The van der Waals surface area contributed by atoms with Crippen LogP contribution in [0.5, 0.6) is 0 Å². The molecule has 1 aromatic rings. The van der Waals surface area contributed by atoms with Crippen LogP contribution >= 0.6 is 0 Å². The Morgan fingerprint density at radius 2 is 1.93 bits per heavy atom. The van der Waals surface area contributed by atoms with Gasteiger partial charge in [0, 0.05) is 5.69 Å². The molecule has 1 aromatic carbocycles. The van der Waals surface area contributed by atoms with Crippen LogP contribution in [0.1, 0.15) is 31.7 Å². The van der Waals surface area contributed by atoms with Crippen LogP contribution in [-0.4, -0.2) is 12.2 Å². The fourth-order valence-corrected chi connectivity index (χ4v) is 1.79. The first-order valence-corrected chi connectivity index (χ1v) is 5.17. The summed E-state index contributed by atoms with van der Waals surface area (Å²) in [4.78, 5) is 0. The lowest BCUT2D eigenvalue weighted by atomic mass is 9.95. The first-order chi connectivity index (χ1) is 6.66. The molecule has 3 atom stereocenters. The summed E-state index contributed by atoms with van der Waals surface area (Å²) < 4.78 is 5.41. The standard InChI is InChI=1S/C12H17NO/c1-8(7-12-9(2)14-12)10-3-5-11(13)6-4-10/h3-6,8-9,12H,7,13H2,1-2H3. The van der Waals surface area contributed by atoms with Gasteiger partial charge in [0.2, 0.25) is 0 Å². The van der Waals surface area contributed by atoms with Crippen molar-refractivity contribution in [3.8, 4) is 0 Å². The number of nitrogens with two attached hydrogens (primary N) is 1. The van der Waals surface area contributed by atoms with Crippen LogP contribution < -0.4 is 5.73 Å². The second-order valence-electron chi connectivity index (χ2n) is 4.18. The van der Waals surface area contributed by atoms with Gasteiger partial charge in [0.25, 0.3) is 0 Å². The molecule has 1 aliphatic heterocycles. The highest BCUT2D eigenvalue weighted by Gasteiger charge is 2.35. The molecule has 0 saturated carbocycles. The van der Waals surface area contributed by atoms with Crippen LogP contribution in [0.15, 0.2) is 24.3 Å². The Hall–Kier alpha value is -1.02. The lowest BCUT2D eigenvalue weighted by molar-refractivity contribution is 0.362. The quantitative estimate of drug-likeness (QED) is 0.589. The Bertz CT molecular complexity index is 307. The topological polar surface area (TPSA) is 38.5 Å². The fraction of sp³-hybridized carbons (Fsp3) is 0.500. The average molecular weight is 191 g/mol. The molecule has 2 nitrogen and oxygen atoms in total. The maximum Gasteiger partial charge on any atom is 0.0844 e. The molecule has 2 N–H and O–H groups in total. The van der Waals surface area contributed by atoms with E-state index in [-0.39, 0.29) is 0 Å². The first-order valence-electron chi connectivity index (χ1n) is 5.17. The van der Waals surface area contributed by atoms with Crippen molar-refractivity contribution >= 4 is 5.69 Å². The second kappa shape index (κ2) is 3.62. The van der Waals surface area contributed by atoms with Crippen molar-refractivity contribution in [1.29, 1.82) is 0 Å². The normalized spacial score (nSPS) is 27.3. The van der Waals surface area contributed by atoms with E-state index in [4.69, 9.17) is 10.5 Å². The summed E-state index contributed by atoms with van der Waals surface area (Å²) in [6.07, 6.45) is 2.05. The van der Waals surface area contributed by atoms with E-state index >= 15 is 0 Å². The van der Waals surface area contributed by atoms with Gasteiger partial charge in [0.15, 0.2) is 0 Å². The van der Waals surface area contributed by atoms with Gasteiger partial charge in [-0.15, -0.1) is 0 Å². The Morgan fingerprint density at radius 1 is 1.36 bits per heavy atom. The third-order valence-electron chi connectivity index (χ3n) is 2.93. The molecule has 76 valence electrons. The number of hydrogen-bond acceptors (Lipinski definition) is 2. The highest BCUT2D eigenvalue weighted by Crippen LogP contribution is 2.32. The van der Waals surface area contributed by atoms with Crippen molar-refractivity contribution in [2.45, 2.75) is 38.4 Å². The number of benzene rings is 1. The second-order valence-corrected chi connectivity index (χ2v) is 4.18. The zero-order valence-electron chi connectivity index (χ0n) is 8.73. The molecule has 3 unspecified atom stereocenters. The number of epoxide rings is 1. The van der Waals surface area contributed by atoms with E-state index in [2.05, 4.69) is 26.0 Å². The zero-order valence-corrected chi connectivity index (χ0v) is 8.73. The lowest BCUT2D eigenvalue weighted by Gasteiger charge is -2.10. The summed E-state index contributed by atoms with van der Waals surface area (Å²) in [5.74, 6) is 0.561. The van der Waals surface area contributed by atoms with Gasteiger partial charge in [-0.3, -0.25) is 0 Å². The molecule has 1 heterocycles. The predicted octanol–water partition coefficient (Wildman–Crippen LogP) is 2.55. The Kier molecular flexibility index (Phi) is 2.46. The summed E-state index contributed by atoms with van der Waals surface area (Å²) in [5.41, 5.74) is 7.82. The van der Waals surface area contributed by atoms with E-state index < -0.39 is 0 Å². The molecule has 14 heavy (non-hydrogen) atoms. The Labute approximate surface area is 85.1 Å². The van der Waals surface area contributed by atoms with E-state index in [1.807, 2.05) is 12.1 Å². The van der Waals surface area contributed by atoms with Crippen LogP contribution in [0.4, 0.5) is 5.69 Å². The van der Waals surface area contributed by atoms with Gasteiger partial charge in [0.1, 0.15) is 0 Å². The summed E-state index contributed by atoms with van der Waals surface area (Å²) in [6.45, 7) is 4.36. The number of ether oxygens (including phenoxy) is 1. The van der Waals surface area contributed by atoms with Crippen molar-refractivity contribution in [2.75, 3.05) is 5.73 Å². The molecular formula is C12H17NO. The lowest BCUT2D eigenvalue weighted by Crippen LogP contribution is -2.00. The van der Waals surface area contributed by atoms with Crippen molar-refractivity contribution in [3.63, 3.8) is 0 Å². The van der Waals surface area contributed by atoms with E-state index in [1.54, 1.807) is 0 Å². The minimum Gasteiger partial charge on any atom is -0.399 e. The van der Waals surface area contributed by atoms with Gasteiger partial charge < -0.3 is 10.5 Å². The first kappa shape index (κ1) is 9.53. The van der Waals surface area contributed by atoms with Crippen molar-refractivity contribution in [2.24, 2.45) is 0 Å². The van der Waals surface area contributed by atoms with Crippen molar-refractivity contribution in [3.05, 3.63) is 29.8 Å². The van der Waals surface area contributed by atoms with Gasteiger partial charge in [-0.05, 0) is 37.0 Å². The minimum atomic E-state index is 0.464. The molecule has 1 aliphatic rings. The Balaban J connectivity index is 1.96. The number of hydrogen-bond donors (Lipinski definition) is 1. The summed E-state index contributed by atoms with van der Waals surface area (Å²) in [6, 6.07) is 8.13. The number of anilines is 1. The van der Waals surface area contributed by atoms with Gasteiger partial charge in [-0.2, -0.15) is 0 Å². The van der Waals surface area contributed by atoms with Crippen LogP contribution in [0.2, 0.25) is 0 Å². The number of rotatable bonds is 3. The molecule has 0 amide bonds. The van der Waals surface area contributed by atoms with Gasteiger partial charge in [0.05, 0.1) is 12.2 Å².